The van der Waals surface area contributed by atoms with E-state index < -0.39 is 10.1 Å². The number of unbranched alkanes of at least 4 members (excludes halogenated alkanes) is 8. The molecule has 0 amide bonds. The van der Waals surface area contributed by atoms with Crippen LogP contribution in [0, 0.1) is 0 Å². The maximum absolute atomic E-state index is 11.8. The second-order valence-corrected chi connectivity index (χ2v) is 8.76. The molecule has 1 N–H and O–H groups in total. The monoisotopic (exact) mass is 442 g/mol. The molecule has 2 rings (SSSR count). The van der Waals surface area contributed by atoms with E-state index in [0.29, 0.717) is 17.7 Å². The predicted molar refractivity (Wildman–Crippen MR) is 113 cm³/mol. The van der Waals surface area contributed by atoms with E-state index in [1.165, 1.54) is 56.7 Å². The molecule has 0 spiro atoms. The van der Waals surface area contributed by atoms with Crippen LogP contribution in [0.25, 0.3) is 0 Å². The summed E-state index contributed by atoms with van der Waals surface area (Å²) in [7, 11) is -4.31. The third-order valence-corrected chi connectivity index (χ3v) is 5.89. The normalized spacial score (nSPS) is 11.1. The molecule has 0 heterocycles. The van der Waals surface area contributed by atoms with Crippen LogP contribution >= 0.6 is 0 Å². The van der Waals surface area contributed by atoms with Crippen molar-refractivity contribution in [1.29, 1.82) is 0 Å². The number of hydrogen-bond donors (Lipinski definition) is 1. The van der Waals surface area contributed by atoms with Crippen LogP contribution in [0.5, 0.6) is 17.2 Å². The van der Waals surface area contributed by atoms with Crippen LogP contribution in [0.3, 0.4) is 0 Å². The van der Waals surface area contributed by atoms with E-state index in [2.05, 4.69) is 6.92 Å². The van der Waals surface area contributed by atoms with Gasteiger partial charge in [0.25, 0.3) is 10.1 Å². The van der Waals surface area contributed by atoms with Gasteiger partial charge in [0.2, 0.25) is 0 Å². The van der Waals surface area contributed by atoms with Gasteiger partial charge in [0.1, 0.15) is 11.5 Å². The summed E-state index contributed by atoms with van der Waals surface area (Å²) in [6.45, 7) is 2.21. The summed E-state index contributed by atoms with van der Waals surface area (Å²) >= 11 is 0. The Balaban J connectivity index is 0.00000450. The van der Waals surface area contributed by atoms with Gasteiger partial charge in [-0.05, 0) is 42.7 Å². The maximum Gasteiger partial charge on any atom is 1.00 e. The summed E-state index contributed by atoms with van der Waals surface area (Å²) in [5.74, 6) is 0.319. The fourth-order valence-electron chi connectivity index (χ4n) is 3.35. The van der Waals surface area contributed by atoms with E-state index in [0.717, 1.165) is 19.3 Å². The van der Waals surface area contributed by atoms with Crippen LogP contribution in [0.15, 0.2) is 47.4 Å². The number of ether oxygens (including phenoxy) is 1. The number of benzene rings is 2. The average molecular weight is 443 g/mol. The zero-order valence-corrected chi connectivity index (χ0v) is 20.9. The summed E-state index contributed by atoms with van der Waals surface area (Å²) in [5, 5.41) is 11.8. The van der Waals surface area contributed by atoms with E-state index in [-0.39, 0.29) is 46.0 Å². The van der Waals surface area contributed by atoms with E-state index >= 15 is 0 Å². The zero-order chi connectivity index (χ0) is 21.1. The van der Waals surface area contributed by atoms with Crippen molar-refractivity contribution in [3.8, 4) is 17.2 Å². The number of hydrogen-bond acceptors (Lipinski definition) is 4. The van der Waals surface area contributed by atoms with Gasteiger partial charge in [0.15, 0.2) is 0 Å². The van der Waals surface area contributed by atoms with Gasteiger partial charge in [-0.25, -0.2) is 0 Å². The predicted octanol–water partition coefficient (Wildman–Crippen LogP) is 2.88. The van der Waals surface area contributed by atoms with E-state index in [1.54, 1.807) is 24.3 Å². The van der Waals surface area contributed by atoms with Gasteiger partial charge in [-0.2, -0.15) is 8.42 Å². The molecule has 0 aromatic heterocycles. The molecule has 7 heteroatoms. The zero-order valence-electron chi connectivity index (χ0n) is 18.1. The Bertz CT molecular complexity index is 868. The molecule has 0 atom stereocenters. The van der Waals surface area contributed by atoms with Gasteiger partial charge in [-0.1, -0.05) is 82.2 Å². The molecule has 2 aromatic rings. The van der Waals surface area contributed by atoms with Gasteiger partial charge < -0.3 is 9.84 Å². The summed E-state index contributed by atoms with van der Waals surface area (Å²) in [5.41, 5.74) is 0.510. The van der Waals surface area contributed by atoms with Gasteiger partial charge in [-0.3, -0.25) is 4.55 Å². The first-order valence-corrected chi connectivity index (χ1v) is 11.9. The third-order valence-electron chi connectivity index (χ3n) is 4.94. The SMILES string of the molecule is CCCCCCCCCCCc1cc(Oc2ccccc2[O-])ccc1S(=O)(=O)O.[Na+]. The summed E-state index contributed by atoms with van der Waals surface area (Å²) in [6.07, 6.45) is 11.1. The van der Waals surface area contributed by atoms with Gasteiger partial charge in [-0.15, -0.1) is 0 Å². The molecule has 0 unspecified atom stereocenters. The average Bonchev–Trinajstić information content (AvgIpc) is 2.68. The number of para-hydroxylation sites is 2. The maximum atomic E-state index is 11.8. The first-order valence-electron chi connectivity index (χ1n) is 10.5. The van der Waals surface area contributed by atoms with Crippen LogP contribution in [0.4, 0.5) is 0 Å². The van der Waals surface area contributed by atoms with Crippen LogP contribution < -0.4 is 39.4 Å². The number of rotatable bonds is 13. The van der Waals surface area contributed by atoms with Crippen LogP contribution in [0.1, 0.15) is 70.3 Å². The van der Waals surface area contributed by atoms with Crippen molar-refractivity contribution < 1.29 is 52.4 Å². The molecular formula is C23H31NaO5S. The minimum Gasteiger partial charge on any atom is -0.870 e. The van der Waals surface area contributed by atoms with Crippen molar-refractivity contribution in [2.45, 2.75) is 76.0 Å². The first kappa shape index (κ1) is 27.0. The molecule has 0 aliphatic rings. The van der Waals surface area contributed by atoms with Crippen molar-refractivity contribution in [2.24, 2.45) is 0 Å². The minimum absolute atomic E-state index is 0. The number of aryl methyl sites for hydroxylation is 1. The van der Waals surface area contributed by atoms with Gasteiger partial charge in [0.05, 0.1) is 4.90 Å². The summed E-state index contributed by atoms with van der Waals surface area (Å²) in [6, 6.07) is 10.7. The Hall–Kier alpha value is -1.05. The topological polar surface area (TPSA) is 86.7 Å². The molecule has 160 valence electrons. The quantitative estimate of drug-likeness (QED) is 0.293. The molecular weight excluding hydrogens is 411 g/mol. The molecule has 0 saturated heterocycles. The Kier molecular flexibility index (Phi) is 12.7. The molecule has 0 aliphatic carbocycles. The van der Waals surface area contributed by atoms with E-state index in [1.807, 2.05) is 0 Å². The smallest absolute Gasteiger partial charge is 0.870 e. The largest absolute Gasteiger partial charge is 1.00 e. The summed E-state index contributed by atoms with van der Waals surface area (Å²) < 4.78 is 38.5. The minimum atomic E-state index is -4.31. The Morgan fingerprint density at radius 1 is 0.900 bits per heavy atom. The van der Waals surface area contributed by atoms with Crippen molar-refractivity contribution in [2.75, 3.05) is 0 Å². The Labute approximate surface area is 202 Å². The van der Waals surface area contributed by atoms with Crippen LogP contribution in [-0.2, 0) is 16.5 Å². The molecule has 30 heavy (non-hydrogen) atoms. The first-order chi connectivity index (χ1) is 13.9. The molecule has 5 nitrogen and oxygen atoms in total. The van der Waals surface area contributed by atoms with Gasteiger partial charge >= 0.3 is 29.6 Å². The standard InChI is InChI=1S/C23H32O5S.Na/c1-2-3-4-5-6-7-8-9-10-13-19-18-20(16-17-23(19)29(25,26)27)28-22-15-12-11-14-21(22)24;/h11-12,14-18,24H,2-10,13H2,1H3,(H,25,26,27);/q;+1/p-1. The summed E-state index contributed by atoms with van der Waals surface area (Å²) in [4.78, 5) is -0.0974. The van der Waals surface area contributed by atoms with E-state index in [4.69, 9.17) is 4.74 Å². The van der Waals surface area contributed by atoms with E-state index in [9.17, 15) is 18.1 Å². The van der Waals surface area contributed by atoms with Crippen molar-refractivity contribution in [3.63, 3.8) is 0 Å². The second kappa shape index (κ2) is 14.1. The van der Waals surface area contributed by atoms with Gasteiger partial charge in [0, 0.05) is 0 Å². The second-order valence-electron chi connectivity index (χ2n) is 7.37. The third kappa shape index (κ3) is 9.40. The van der Waals surface area contributed by atoms with Crippen molar-refractivity contribution in [1.82, 2.24) is 0 Å². The Morgan fingerprint density at radius 2 is 1.50 bits per heavy atom. The van der Waals surface area contributed by atoms with Crippen molar-refractivity contribution in [3.05, 3.63) is 48.0 Å². The fourth-order valence-corrected chi connectivity index (χ4v) is 4.09. The fraction of sp³-hybridized carbons (Fsp3) is 0.478. The van der Waals surface area contributed by atoms with Crippen molar-refractivity contribution >= 4 is 10.1 Å². The molecule has 0 radical (unpaired) electrons. The molecule has 0 fully saturated rings. The van der Waals surface area contributed by atoms with Crippen LogP contribution in [0.2, 0.25) is 0 Å². The molecule has 2 aromatic carbocycles. The molecule has 0 aliphatic heterocycles. The Morgan fingerprint density at radius 3 is 2.10 bits per heavy atom. The molecule has 0 saturated carbocycles. The van der Waals surface area contributed by atoms with Crippen LogP contribution in [-0.4, -0.2) is 13.0 Å². The molecule has 0 bridgehead atoms.